The van der Waals surface area contributed by atoms with Gasteiger partial charge in [-0.15, -0.1) is 0 Å². The van der Waals surface area contributed by atoms with Crippen molar-refractivity contribution in [3.05, 3.63) is 216 Å². The topological polar surface area (TPSA) is 501 Å². The van der Waals surface area contributed by atoms with Crippen LogP contribution in [-0.2, 0) is 60.7 Å². The number of urea groups is 1. The van der Waals surface area contributed by atoms with Crippen LogP contribution < -0.4 is 209 Å². The number of hydrogen-bond donors (Lipinski definition) is 6. The molecule has 6 amide bonds. The number of nitrogens with one attached hydrogen (secondary N) is 6. The fourth-order valence-electron chi connectivity index (χ4n) is 9.98. The Morgan fingerprint density at radius 2 is 0.569 bits per heavy atom. The van der Waals surface area contributed by atoms with E-state index in [-0.39, 0.29) is 234 Å². The van der Waals surface area contributed by atoms with Gasteiger partial charge in [-0.1, -0.05) is 84.9 Å². The van der Waals surface area contributed by atoms with Gasteiger partial charge < -0.3 is 59.2 Å². The molecule has 29 nitrogen and oxygen atoms in total. The van der Waals surface area contributed by atoms with Crippen molar-refractivity contribution in [3.8, 4) is 22.3 Å². The molecular formula is C61H38N6Na6O23S6. The Kier molecular flexibility index (Phi) is 31.5. The smallest absolute Gasteiger partial charge is 0.744 e. The summed E-state index contributed by atoms with van der Waals surface area (Å²) in [5, 5.41) is 11.3. The zero-order valence-corrected chi connectivity index (χ0v) is 70.7. The van der Waals surface area contributed by atoms with Crippen LogP contribution in [0.25, 0.3) is 43.8 Å². The molecule has 0 fully saturated rings. The van der Waals surface area contributed by atoms with Crippen LogP contribution in [0.4, 0.5) is 38.9 Å². The molecule has 10 aromatic carbocycles. The van der Waals surface area contributed by atoms with Crippen molar-refractivity contribution in [2.75, 3.05) is 31.9 Å². The minimum absolute atomic E-state index is 0. The Morgan fingerprint density at radius 1 is 0.265 bits per heavy atom. The minimum atomic E-state index is -5.79. The summed E-state index contributed by atoms with van der Waals surface area (Å²) in [5.41, 5.74) is -0.171. The van der Waals surface area contributed by atoms with Crippen LogP contribution in [0.3, 0.4) is 0 Å². The van der Waals surface area contributed by atoms with Crippen LogP contribution in [0.15, 0.2) is 223 Å². The predicted molar refractivity (Wildman–Crippen MR) is 337 cm³/mol. The summed E-state index contributed by atoms with van der Waals surface area (Å²) in [7, 11) is -33.9. The molecule has 10 aromatic rings. The molecule has 0 saturated heterocycles. The van der Waals surface area contributed by atoms with Gasteiger partial charge >= 0.3 is 183 Å². The summed E-state index contributed by atoms with van der Waals surface area (Å²) in [6, 6.07) is 38.2. The van der Waals surface area contributed by atoms with Gasteiger partial charge in [0.05, 0.1) is 40.7 Å². The zero-order valence-electron chi connectivity index (χ0n) is 53.8. The largest absolute Gasteiger partial charge is 1.00 e. The van der Waals surface area contributed by atoms with Crippen molar-refractivity contribution in [2.24, 2.45) is 0 Å². The van der Waals surface area contributed by atoms with Gasteiger partial charge in [0, 0.05) is 77.7 Å². The predicted octanol–water partition coefficient (Wildman–Crippen LogP) is -10.6. The average Bonchev–Trinajstić information content (AvgIpc) is 0.746. The van der Waals surface area contributed by atoms with Crippen LogP contribution in [0, 0.1) is 0 Å². The van der Waals surface area contributed by atoms with Crippen molar-refractivity contribution in [2.45, 2.75) is 29.4 Å². The molecular weight excluding hydrogens is 1520 g/mol. The molecule has 0 aliphatic heterocycles. The van der Waals surface area contributed by atoms with Crippen LogP contribution in [0.1, 0.15) is 41.4 Å². The number of benzene rings is 10. The van der Waals surface area contributed by atoms with E-state index in [9.17, 15) is 102 Å². The molecule has 492 valence electrons. The summed E-state index contributed by atoms with van der Waals surface area (Å²) in [4.78, 5) is 61.6. The standard InChI is InChI=1S/C61H44N6O23S6.6Na/c68-57(66-49-27-37(17-19-43(49)33-9-3-1-4-10-33)59(70)64-47-21-23-51(93(79,80)81)45-29-41(91(73,74)75)31-53(55(45)47)95(85,86)87)35-13-7-15-39(25-35)62-61(72)63-40-16-8-14-36(26-40)58(69)67-50-28-38(18-20-44(50)34-11-5-2-6-12-34)60(71)65-48-22-24-52(94(82,83)84)46-30-42(92(76,77)78)32-54(56(46)48)96(88,89)90;;;;;;/h1-32H,(H,64,70)(H,65,71)(H,66,68)(H,67,69)(H2,62,63,72)(H,73,74,75)(H,76,77,78)(H,79,80,81)(H,82,83,84)(H,85,86,87)(H,88,89,90);;;;;;/q;6*+1/p-6. The van der Waals surface area contributed by atoms with Crippen LogP contribution in [0.2, 0.25) is 0 Å². The Morgan fingerprint density at radius 3 is 0.873 bits per heavy atom. The molecule has 102 heavy (non-hydrogen) atoms. The monoisotopic (exact) mass is 1550 g/mol. The summed E-state index contributed by atoms with van der Waals surface area (Å²) >= 11 is 0. The van der Waals surface area contributed by atoms with Crippen LogP contribution >= 0.6 is 0 Å². The number of amides is 6. The second-order valence-electron chi connectivity index (χ2n) is 20.4. The van der Waals surface area contributed by atoms with E-state index >= 15 is 0 Å². The second kappa shape index (κ2) is 35.8. The number of anilines is 6. The second-order valence-corrected chi connectivity index (χ2v) is 28.6. The Labute approximate surface area is 714 Å². The van der Waals surface area contributed by atoms with E-state index in [4.69, 9.17) is 0 Å². The van der Waals surface area contributed by atoms with E-state index in [0.717, 1.165) is 12.1 Å². The van der Waals surface area contributed by atoms with Gasteiger partial charge in [-0.2, -0.15) is 0 Å². The minimum Gasteiger partial charge on any atom is -0.744 e. The van der Waals surface area contributed by atoms with Gasteiger partial charge in [-0.05, 0) is 120 Å². The van der Waals surface area contributed by atoms with Crippen molar-refractivity contribution in [3.63, 3.8) is 0 Å². The van der Waals surface area contributed by atoms with Gasteiger partial charge in [0.1, 0.15) is 60.7 Å². The van der Waals surface area contributed by atoms with E-state index in [0.29, 0.717) is 46.5 Å². The maximum absolute atomic E-state index is 14.1. The summed E-state index contributed by atoms with van der Waals surface area (Å²) in [5.74, 6) is -3.81. The number of hydrogen-bond acceptors (Lipinski definition) is 23. The Bertz CT molecular complexity index is 5390. The first kappa shape index (κ1) is 89.7. The van der Waals surface area contributed by atoms with Gasteiger partial charge in [0.25, 0.3) is 23.6 Å². The summed E-state index contributed by atoms with van der Waals surface area (Å²) in [6.45, 7) is 0. The molecule has 6 N–H and O–H groups in total. The fraction of sp³-hybridized carbons (Fsp3) is 0. The van der Waals surface area contributed by atoms with Gasteiger partial charge in [-0.3, -0.25) is 19.2 Å². The molecule has 0 aromatic heterocycles. The Balaban J connectivity index is 0.00000367. The van der Waals surface area contributed by atoms with Gasteiger partial charge in [0.2, 0.25) is 0 Å². The number of fused-ring (bicyclic) bond motifs is 2. The SMILES string of the molecule is O=C(Nc1cccc(C(=O)Nc2cc(C(=O)Nc3ccc(S(=O)(=O)[O-])c4cc(S(=O)(=O)[O-])cc(S(=O)(=O)[O-])c34)ccc2-c2ccccc2)c1)Nc1cccc(C(=O)Nc2cc(C(=O)Nc3ccc(S(=O)(=O)[O-])c4cc(S(=O)(=O)[O-])cc(S(=O)(=O)[O-])c34)ccc2-c2ccccc2)c1.[Na+].[Na+].[Na+].[Na+].[Na+].[Na+]. The molecule has 0 spiro atoms. The summed E-state index contributed by atoms with van der Waals surface area (Å²) < 4.78 is 221. The molecule has 0 saturated carbocycles. The van der Waals surface area contributed by atoms with Crippen molar-refractivity contribution in [1.82, 2.24) is 0 Å². The van der Waals surface area contributed by atoms with Gasteiger partial charge in [0.15, 0.2) is 0 Å². The Hall–Kier alpha value is -4.67. The number of carbonyl (C=O) groups excluding carboxylic acids is 5. The first-order valence-corrected chi connectivity index (χ1v) is 35.3. The van der Waals surface area contributed by atoms with E-state index in [1.54, 1.807) is 60.7 Å². The normalized spacial score (nSPS) is 11.4. The molecule has 10 rings (SSSR count). The van der Waals surface area contributed by atoms with E-state index in [1.165, 1.54) is 84.9 Å². The first-order chi connectivity index (χ1) is 44.9. The first-order valence-electron chi connectivity index (χ1n) is 26.8. The van der Waals surface area contributed by atoms with Crippen LogP contribution in [0.5, 0.6) is 0 Å². The van der Waals surface area contributed by atoms with E-state index in [2.05, 4.69) is 31.9 Å². The quantitative estimate of drug-likeness (QED) is 0.0343. The average molecular weight is 1550 g/mol. The van der Waals surface area contributed by atoms with Gasteiger partial charge in [-0.25, -0.2) is 55.3 Å². The summed E-state index contributed by atoms with van der Waals surface area (Å²) in [6.07, 6.45) is 0. The van der Waals surface area contributed by atoms with Crippen molar-refractivity contribution < 1.29 is 279 Å². The maximum Gasteiger partial charge on any atom is 1.00 e. The fourth-order valence-corrected chi connectivity index (χ4v) is 14.0. The van der Waals surface area contributed by atoms with Crippen molar-refractivity contribution in [1.29, 1.82) is 0 Å². The molecule has 0 radical (unpaired) electrons. The third-order valence-electron chi connectivity index (χ3n) is 14.2. The zero-order chi connectivity index (χ0) is 69.6. The number of carbonyl (C=O) groups is 5. The van der Waals surface area contributed by atoms with Crippen molar-refractivity contribution >= 4 is 146 Å². The molecule has 0 atom stereocenters. The molecule has 0 aliphatic carbocycles. The molecule has 0 aliphatic rings. The molecule has 0 bridgehead atoms. The molecule has 41 heteroatoms. The molecule has 0 unspecified atom stereocenters. The number of rotatable bonds is 18. The van der Waals surface area contributed by atoms with E-state index < -0.39 is 153 Å². The molecule has 0 heterocycles. The third kappa shape index (κ3) is 21.3. The van der Waals surface area contributed by atoms with E-state index in [1.807, 2.05) is 0 Å². The third-order valence-corrected chi connectivity index (χ3v) is 19.3. The maximum atomic E-state index is 14.1. The van der Waals surface area contributed by atoms with Crippen LogP contribution in [-0.4, -0.2) is 107 Å².